The summed E-state index contributed by atoms with van der Waals surface area (Å²) < 4.78 is 3.32. The highest BCUT2D eigenvalue weighted by Gasteiger charge is 2.22. The number of fused-ring (bicyclic) bond motifs is 2. The first-order chi connectivity index (χ1) is 19.0. The predicted molar refractivity (Wildman–Crippen MR) is 157 cm³/mol. The van der Waals surface area contributed by atoms with Gasteiger partial charge in [0.2, 0.25) is 11.9 Å². The molecule has 0 spiro atoms. The van der Waals surface area contributed by atoms with E-state index in [9.17, 15) is 9.59 Å². The minimum absolute atomic E-state index is 0.0939. The molecular weight excluding hydrogens is 504 g/mol. The molecule has 1 N–H and O–H groups in total. The highest BCUT2D eigenvalue weighted by Crippen LogP contribution is 2.26. The van der Waals surface area contributed by atoms with Gasteiger partial charge < -0.3 is 10.2 Å². The maximum absolute atomic E-state index is 13.3. The van der Waals surface area contributed by atoms with Crippen molar-refractivity contribution in [1.29, 1.82) is 0 Å². The number of rotatable bonds is 7. The van der Waals surface area contributed by atoms with Gasteiger partial charge in [-0.2, -0.15) is 4.98 Å². The number of pyridine rings is 1. The molecule has 208 valence electrons. The molecule has 0 saturated carbocycles. The predicted octanol–water partition coefficient (Wildman–Crippen LogP) is 3.65. The van der Waals surface area contributed by atoms with Crippen LogP contribution in [0.4, 0.5) is 11.6 Å². The summed E-state index contributed by atoms with van der Waals surface area (Å²) in [5.74, 6) is 1.07. The van der Waals surface area contributed by atoms with E-state index >= 15 is 0 Å². The topological polar surface area (TPSA) is 101 Å². The van der Waals surface area contributed by atoms with E-state index in [2.05, 4.69) is 54.7 Å². The van der Waals surface area contributed by atoms with E-state index in [1.165, 1.54) is 11.1 Å². The van der Waals surface area contributed by atoms with Crippen LogP contribution in [0, 0.1) is 0 Å². The molecule has 1 aliphatic heterocycles. The van der Waals surface area contributed by atoms with Crippen molar-refractivity contribution in [3.8, 4) is 5.82 Å². The lowest BCUT2D eigenvalue weighted by Gasteiger charge is -2.29. The van der Waals surface area contributed by atoms with Gasteiger partial charge >= 0.3 is 0 Å². The van der Waals surface area contributed by atoms with Gasteiger partial charge in [0, 0.05) is 50.2 Å². The highest BCUT2D eigenvalue weighted by atomic mass is 16.2. The Morgan fingerprint density at radius 2 is 1.95 bits per heavy atom. The van der Waals surface area contributed by atoms with Gasteiger partial charge in [0.1, 0.15) is 5.39 Å². The summed E-state index contributed by atoms with van der Waals surface area (Å²) >= 11 is 0. The normalized spacial score (nSPS) is 13.7. The summed E-state index contributed by atoms with van der Waals surface area (Å²) in [5, 5.41) is 3.72. The van der Waals surface area contributed by atoms with Crippen LogP contribution in [0.15, 0.2) is 60.0 Å². The third-order valence-corrected chi connectivity index (χ3v) is 7.11. The van der Waals surface area contributed by atoms with Gasteiger partial charge in [-0.3, -0.25) is 14.5 Å². The van der Waals surface area contributed by atoms with Crippen LogP contribution in [0.5, 0.6) is 0 Å². The standard InChI is InChI=1S/C30H36N8O2/c1-7-14-37-28(40)23-17-31-29(34-27(23)38(37)25-10-8-9-24(33-25)30(2,3)4)32-22-12-11-20-13-15-36(18-21(20)16-22)19-26(39)35(5)6/h7-12,16-17H,1,13-15,18-19H2,2-6H3,(H,31,32,34). The quantitative estimate of drug-likeness (QED) is 0.357. The SMILES string of the molecule is C=CCn1c(=O)c2cnc(Nc3ccc4c(c3)CN(CC(=O)N(C)C)CC4)nc2n1-c1cccc(C(C)(C)C)n1. The first-order valence-corrected chi connectivity index (χ1v) is 13.4. The second-order valence-corrected chi connectivity index (χ2v) is 11.4. The molecule has 0 bridgehead atoms. The number of likely N-dealkylation sites (N-methyl/N-ethyl adjacent to an activating group) is 1. The number of anilines is 2. The van der Waals surface area contributed by atoms with Crippen molar-refractivity contribution in [1.82, 2.24) is 34.1 Å². The monoisotopic (exact) mass is 540 g/mol. The van der Waals surface area contributed by atoms with E-state index in [1.807, 2.05) is 24.3 Å². The van der Waals surface area contributed by atoms with E-state index in [1.54, 1.807) is 40.6 Å². The third kappa shape index (κ3) is 5.40. The molecular formula is C30H36N8O2. The number of benzene rings is 1. The van der Waals surface area contributed by atoms with Gasteiger partial charge in [-0.25, -0.2) is 19.3 Å². The van der Waals surface area contributed by atoms with Crippen LogP contribution in [-0.2, 0) is 29.7 Å². The van der Waals surface area contributed by atoms with E-state index in [4.69, 9.17) is 9.97 Å². The molecule has 0 fully saturated rings. The first kappa shape index (κ1) is 27.3. The van der Waals surface area contributed by atoms with Gasteiger partial charge in [-0.15, -0.1) is 6.58 Å². The molecule has 5 rings (SSSR count). The van der Waals surface area contributed by atoms with E-state index in [0.717, 1.165) is 24.3 Å². The van der Waals surface area contributed by atoms with E-state index < -0.39 is 0 Å². The van der Waals surface area contributed by atoms with Crippen molar-refractivity contribution in [2.75, 3.05) is 32.5 Å². The van der Waals surface area contributed by atoms with Crippen molar-refractivity contribution in [2.24, 2.45) is 0 Å². The fourth-order valence-corrected chi connectivity index (χ4v) is 4.86. The fourth-order valence-electron chi connectivity index (χ4n) is 4.86. The number of hydrogen-bond acceptors (Lipinski definition) is 7. The molecule has 0 unspecified atom stereocenters. The average Bonchev–Trinajstić information content (AvgIpc) is 3.18. The lowest BCUT2D eigenvalue weighted by atomic mass is 9.92. The minimum atomic E-state index is -0.203. The number of nitrogens with one attached hydrogen (secondary N) is 1. The molecule has 4 aromatic rings. The maximum Gasteiger partial charge on any atom is 0.278 e. The largest absolute Gasteiger partial charge is 0.348 e. The van der Waals surface area contributed by atoms with Gasteiger partial charge in [-0.1, -0.05) is 39.0 Å². The van der Waals surface area contributed by atoms with Crippen molar-refractivity contribution < 1.29 is 4.79 Å². The van der Waals surface area contributed by atoms with Crippen molar-refractivity contribution in [3.05, 3.63) is 82.4 Å². The van der Waals surface area contributed by atoms with Crippen LogP contribution in [0.3, 0.4) is 0 Å². The molecule has 1 aromatic carbocycles. The zero-order valence-electron chi connectivity index (χ0n) is 23.8. The Hall–Kier alpha value is -4.31. The molecule has 10 nitrogen and oxygen atoms in total. The summed E-state index contributed by atoms with van der Waals surface area (Å²) in [5.41, 5.74) is 4.29. The van der Waals surface area contributed by atoms with Crippen LogP contribution in [-0.4, -0.2) is 67.2 Å². The summed E-state index contributed by atoms with van der Waals surface area (Å²) in [6.45, 7) is 12.4. The smallest absolute Gasteiger partial charge is 0.278 e. The lowest BCUT2D eigenvalue weighted by Crippen LogP contribution is -2.39. The summed E-state index contributed by atoms with van der Waals surface area (Å²) in [7, 11) is 3.56. The fraction of sp³-hybridized carbons (Fsp3) is 0.367. The Labute approximate surface area is 234 Å². The molecule has 1 amide bonds. The average molecular weight is 541 g/mol. The second kappa shape index (κ2) is 10.7. The van der Waals surface area contributed by atoms with Crippen LogP contribution in [0.1, 0.15) is 37.6 Å². The zero-order chi connectivity index (χ0) is 28.6. The Morgan fingerprint density at radius 1 is 1.15 bits per heavy atom. The van der Waals surface area contributed by atoms with Gasteiger partial charge in [0.25, 0.3) is 5.56 Å². The Balaban J connectivity index is 1.50. The molecule has 0 atom stereocenters. The number of carbonyl (C=O) groups is 1. The molecule has 40 heavy (non-hydrogen) atoms. The molecule has 10 heteroatoms. The Kier molecular flexibility index (Phi) is 7.29. The van der Waals surface area contributed by atoms with Gasteiger partial charge in [-0.05, 0) is 41.8 Å². The number of hydrogen-bond donors (Lipinski definition) is 1. The zero-order valence-corrected chi connectivity index (χ0v) is 23.8. The summed E-state index contributed by atoms with van der Waals surface area (Å²) in [6.07, 6.45) is 4.13. The first-order valence-electron chi connectivity index (χ1n) is 13.4. The minimum Gasteiger partial charge on any atom is -0.348 e. The number of carbonyl (C=O) groups excluding carboxylic acids is 1. The number of allylic oxidation sites excluding steroid dienone is 1. The molecule has 1 aliphatic rings. The van der Waals surface area contributed by atoms with Crippen LogP contribution in [0.2, 0.25) is 0 Å². The Bertz CT molecular complexity index is 1640. The third-order valence-electron chi connectivity index (χ3n) is 7.11. The van der Waals surface area contributed by atoms with Gasteiger partial charge in [0.05, 0.1) is 13.1 Å². The maximum atomic E-state index is 13.3. The van der Waals surface area contributed by atoms with Crippen LogP contribution >= 0.6 is 0 Å². The molecule has 4 heterocycles. The second-order valence-electron chi connectivity index (χ2n) is 11.4. The Morgan fingerprint density at radius 3 is 2.67 bits per heavy atom. The molecule has 0 radical (unpaired) electrons. The van der Waals surface area contributed by atoms with Crippen LogP contribution < -0.4 is 10.9 Å². The van der Waals surface area contributed by atoms with Crippen molar-refractivity contribution in [2.45, 2.75) is 45.7 Å². The van der Waals surface area contributed by atoms with Gasteiger partial charge in [0.15, 0.2) is 11.5 Å². The number of amides is 1. The van der Waals surface area contributed by atoms with E-state index in [0.29, 0.717) is 42.4 Å². The molecule has 0 saturated heterocycles. The summed E-state index contributed by atoms with van der Waals surface area (Å²) in [4.78, 5) is 43.4. The number of aromatic nitrogens is 5. The lowest BCUT2D eigenvalue weighted by molar-refractivity contribution is -0.130. The summed E-state index contributed by atoms with van der Waals surface area (Å²) in [6, 6.07) is 12.0. The molecule has 3 aromatic heterocycles. The van der Waals surface area contributed by atoms with Crippen molar-refractivity contribution in [3.63, 3.8) is 0 Å². The van der Waals surface area contributed by atoms with Crippen molar-refractivity contribution >= 4 is 28.6 Å². The molecule has 0 aliphatic carbocycles. The van der Waals surface area contributed by atoms with E-state index in [-0.39, 0.29) is 16.9 Å². The van der Waals surface area contributed by atoms with Crippen LogP contribution in [0.25, 0.3) is 16.9 Å². The number of nitrogens with zero attached hydrogens (tertiary/aromatic N) is 7. The highest BCUT2D eigenvalue weighted by molar-refractivity contribution is 5.78.